The molecule has 3 aromatic rings. The highest BCUT2D eigenvalue weighted by Gasteiger charge is 2.28. The number of anilines is 2. The van der Waals surface area contributed by atoms with Crippen LogP contribution in [0.3, 0.4) is 0 Å². The molecule has 0 saturated carbocycles. The predicted octanol–water partition coefficient (Wildman–Crippen LogP) is 6.86. The number of nitro groups is 1. The Hall–Kier alpha value is -3.70. The number of non-ortho nitro benzene ring substituents is 1. The van der Waals surface area contributed by atoms with Crippen LogP contribution in [0.25, 0.3) is 0 Å². The molecule has 2 aromatic carbocycles. The van der Waals surface area contributed by atoms with E-state index in [4.69, 9.17) is 4.74 Å². The zero-order valence-electron chi connectivity index (χ0n) is 22.4. The van der Waals surface area contributed by atoms with Crippen LogP contribution in [0.1, 0.15) is 70.2 Å². The Morgan fingerprint density at radius 1 is 1.05 bits per heavy atom. The molecule has 210 valence electrons. The number of rotatable bonds is 9. The van der Waals surface area contributed by atoms with Gasteiger partial charge in [0, 0.05) is 33.2 Å². The van der Waals surface area contributed by atoms with Gasteiger partial charge in [0.25, 0.3) is 11.6 Å². The predicted molar refractivity (Wildman–Crippen MR) is 158 cm³/mol. The number of aryl methyl sites for hydroxylation is 1. The molecule has 0 spiro atoms. The van der Waals surface area contributed by atoms with Crippen molar-refractivity contribution >= 4 is 57.3 Å². The molecule has 1 atom stereocenters. The van der Waals surface area contributed by atoms with Gasteiger partial charge in [-0.2, -0.15) is 0 Å². The molecule has 1 unspecified atom stereocenters. The van der Waals surface area contributed by atoms with Crippen molar-refractivity contribution in [2.45, 2.75) is 62.0 Å². The highest BCUT2D eigenvalue weighted by atomic mass is 32.2. The number of carbonyl (C=O) groups excluding carboxylic acids is 3. The van der Waals surface area contributed by atoms with Gasteiger partial charge in [-0.3, -0.25) is 19.7 Å². The van der Waals surface area contributed by atoms with E-state index in [2.05, 4.69) is 10.6 Å². The topological polar surface area (TPSA) is 128 Å². The van der Waals surface area contributed by atoms with Crippen LogP contribution in [-0.4, -0.2) is 35.1 Å². The number of ether oxygens (including phenoxy) is 1. The molecule has 1 aromatic heterocycles. The van der Waals surface area contributed by atoms with E-state index in [1.54, 1.807) is 18.2 Å². The van der Waals surface area contributed by atoms with Crippen molar-refractivity contribution in [3.05, 3.63) is 80.2 Å². The number of benzene rings is 2. The highest BCUT2D eigenvalue weighted by Crippen LogP contribution is 2.38. The first-order valence-electron chi connectivity index (χ1n) is 13.2. The molecule has 11 heteroatoms. The largest absolute Gasteiger partial charge is 0.465 e. The number of nitrogens with one attached hydrogen (secondary N) is 2. The lowest BCUT2D eigenvalue weighted by Crippen LogP contribution is -2.25. The van der Waals surface area contributed by atoms with Crippen LogP contribution in [0.4, 0.5) is 16.4 Å². The van der Waals surface area contributed by atoms with E-state index in [1.165, 1.54) is 54.5 Å². The summed E-state index contributed by atoms with van der Waals surface area (Å²) >= 11 is 2.83. The fraction of sp³-hybridized carbons (Fsp3) is 0.345. The maximum absolute atomic E-state index is 13.4. The minimum absolute atomic E-state index is 0.165. The summed E-state index contributed by atoms with van der Waals surface area (Å²) in [6, 6.07) is 12.6. The van der Waals surface area contributed by atoms with Crippen molar-refractivity contribution in [2.24, 2.45) is 0 Å². The average Bonchev–Trinajstić information content (AvgIpc) is 3.26. The molecule has 1 aliphatic rings. The minimum atomic E-state index is -0.549. The Morgan fingerprint density at radius 3 is 2.52 bits per heavy atom. The first-order valence-corrected chi connectivity index (χ1v) is 14.9. The van der Waals surface area contributed by atoms with Crippen LogP contribution in [0.5, 0.6) is 0 Å². The third kappa shape index (κ3) is 7.08. The second kappa shape index (κ2) is 13.6. The smallest absolute Gasteiger partial charge is 0.341 e. The van der Waals surface area contributed by atoms with Gasteiger partial charge < -0.3 is 15.4 Å². The van der Waals surface area contributed by atoms with Crippen LogP contribution < -0.4 is 10.6 Å². The van der Waals surface area contributed by atoms with E-state index < -0.39 is 22.0 Å². The van der Waals surface area contributed by atoms with Gasteiger partial charge in [0.2, 0.25) is 5.91 Å². The summed E-state index contributed by atoms with van der Waals surface area (Å²) in [5.74, 6) is -1.11. The number of thioether (sulfide) groups is 1. The molecule has 0 fully saturated rings. The molecule has 40 heavy (non-hydrogen) atoms. The average molecular weight is 582 g/mol. The van der Waals surface area contributed by atoms with E-state index in [9.17, 15) is 24.5 Å². The maximum atomic E-state index is 13.4. The number of nitrogens with zero attached hydrogens (tertiary/aromatic N) is 1. The molecule has 0 saturated heterocycles. The second-order valence-corrected chi connectivity index (χ2v) is 11.8. The molecule has 1 heterocycles. The zero-order valence-corrected chi connectivity index (χ0v) is 24.0. The number of hydrogen-bond acceptors (Lipinski definition) is 8. The van der Waals surface area contributed by atoms with Crippen LogP contribution in [0.15, 0.2) is 53.4 Å². The number of esters is 1. The standard InChI is InChI=1S/C29H31N3O6S2/c1-3-23(27(34)31-28-25(29(35)38-2)22-14-6-4-5-7-15-24(22)40-28)39-21-13-9-11-19(17-21)30-26(33)18-10-8-12-20(16-18)32(36)37/h8-13,16-17,23H,3-7,14-15H2,1-2H3,(H,30,33)(H,31,34). The Kier molecular flexibility index (Phi) is 9.94. The van der Waals surface area contributed by atoms with Crippen LogP contribution >= 0.6 is 23.1 Å². The van der Waals surface area contributed by atoms with Gasteiger partial charge in [0.1, 0.15) is 5.00 Å². The molecule has 0 bridgehead atoms. The molecule has 2 N–H and O–H groups in total. The van der Waals surface area contributed by atoms with Gasteiger partial charge >= 0.3 is 5.97 Å². The first kappa shape index (κ1) is 29.3. The lowest BCUT2D eigenvalue weighted by atomic mass is 9.96. The van der Waals surface area contributed by atoms with E-state index >= 15 is 0 Å². The van der Waals surface area contributed by atoms with Crippen LogP contribution in [0, 0.1) is 10.1 Å². The van der Waals surface area contributed by atoms with Crippen molar-refractivity contribution in [3.8, 4) is 0 Å². The SMILES string of the molecule is CCC(Sc1cccc(NC(=O)c2cccc([N+](=O)[O-])c2)c1)C(=O)Nc1sc2c(c1C(=O)OC)CCCCCC2. The van der Waals surface area contributed by atoms with E-state index in [1.807, 2.05) is 13.0 Å². The van der Waals surface area contributed by atoms with Gasteiger partial charge in [-0.05, 0) is 61.9 Å². The number of fused-ring (bicyclic) bond motifs is 1. The third-order valence-corrected chi connectivity index (χ3v) is 9.22. The van der Waals surface area contributed by atoms with E-state index in [-0.39, 0.29) is 17.2 Å². The third-order valence-electron chi connectivity index (χ3n) is 6.65. The minimum Gasteiger partial charge on any atom is -0.465 e. The molecular formula is C29H31N3O6S2. The molecule has 9 nitrogen and oxygen atoms in total. The van der Waals surface area contributed by atoms with Crippen molar-refractivity contribution in [1.82, 2.24) is 0 Å². The Labute approximate surface area is 240 Å². The lowest BCUT2D eigenvalue weighted by molar-refractivity contribution is -0.384. The van der Waals surface area contributed by atoms with Gasteiger partial charge in [0.15, 0.2) is 0 Å². The van der Waals surface area contributed by atoms with E-state index in [0.717, 1.165) is 53.9 Å². The Morgan fingerprint density at radius 2 is 1.80 bits per heavy atom. The molecule has 0 aliphatic heterocycles. The van der Waals surface area contributed by atoms with Crippen LogP contribution in [-0.2, 0) is 22.4 Å². The van der Waals surface area contributed by atoms with Gasteiger partial charge in [-0.15, -0.1) is 23.1 Å². The van der Waals surface area contributed by atoms with Crippen molar-refractivity contribution < 1.29 is 24.0 Å². The normalized spacial score (nSPS) is 13.8. The van der Waals surface area contributed by atoms with Gasteiger partial charge in [-0.25, -0.2) is 4.79 Å². The van der Waals surface area contributed by atoms with Crippen molar-refractivity contribution in [3.63, 3.8) is 0 Å². The zero-order chi connectivity index (χ0) is 28.6. The maximum Gasteiger partial charge on any atom is 0.341 e. The lowest BCUT2D eigenvalue weighted by Gasteiger charge is -2.16. The monoisotopic (exact) mass is 581 g/mol. The second-order valence-electron chi connectivity index (χ2n) is 9.41. The molecule has 4 rings (SSSR count). The summed E-state index contributed by atoms with van der Waals surface area (Å²) in [5, 5.41) is 16.9. The highest BCUT2D eigenvalue weighted by molar-refractivity contribution is 8.00. The van der Waals surface area contributed by atoms with Gasteiger partial charge in [0.05, 0.1) is 22.8 Å². The summed E-state index contributed by atoms with van der Waals surface area (Å²) in [4.78, 5) is 51.2. The number of carbonyl (C=O) groups is 3. The Bertz CT molecular complexity index is 1420. The summed E-state index contributed by atoms with van der Waals surface area (Å²) in [6.07, 6.45) is 6.57. The molecule has 2 amide bonds. The number of hydrogen-bond donors (Lipinski definition) is 2. The molecule has 1 aliphatic carbocycles. The quantitative estimate of drug-likeness (QED) is 0.122. The first-order chi connectivity index (χ1) is 19.3. The number of nitro benzene ring substituents is 1. The van der Waals surface area contributed by atoms with Gasteiger partial charge in [-0.1, -0.05) is 31.9 Å². The van der Waals surface area contributed by atoms with Crippen molar-refractivity contribution in [1.29, 1.82) is 0 Å². The summed E-state index contributed by atoms with van der Waals surface area (Å²) < 4.78 is 5.08. The van der Waals surface area contributed by atoms with Crippen molar-refractivity contribution in [2.75, 3.05) is 17.7 Å². The Balaban J connectivity index is 1.48. The molecule has 0 radical (unpaired) electrons. The summed E-state index contributed by atoms with van der Waals surface area (Å²) in [5.41, 5.74) is 1.98. The number of thiophene rings is 1. The number of methoxy groups -OCH3 is 1. The fourth-order valence-electron chi connectivity index (χ4n) is 4.62. The summed E-state index contributed by atoms with van der Waals surface area (Å²) in [7, 11) is 1.36. The number of amides is 2. The van der Waals surface area contributed by atoms with Crippen LogP contribution in [0.2, 0.25) is 0 Å². The van der Waals surface area contributed by atoms with E-state index in [0.29, 0.717) is 22.7 Å². The molecular weight excluding hydrogens is 550 g/mol. The fourth-order valence-corrected chi connectivity index (χ4v) is 6.91. The summed E-state index contributed by atoms with van der Waals surface area (Å²) in [6.45, 7) is 1.92.